The quantitative estimate of drug-likeness (QED) is 0.884. The first-order chi connectivity index (χ1) is 9.66. The summed E-state index contributed by atoms with van der Waals surface area (Å²) in [5, 5.41) is 6.81. The van der Waals surface area contributed by atoms with Gasteiger partial charge in [0.1, 0.15) is 5.82 Å². The van der Waals surface area contributed by atoms with Crippen LogP contribution in [0.2, 0.25) is 0 Å². The minimum Gasteiger partial charge on any atom is -0.364 e. The summed E-state index contributed by atoms with van der Waals surface area (Å²) >= 11 is 3.58. The predicted octanol–water partition coefficient (Wildman–Crippen LogP) is 3.66. The molecule has 0 atom stereocenters. The second-order valence-electron chi connectivity index (χ2n) is 6.96. The molecule has 4 fully saturated rings. The van der Waals surface area contributed by atoms with Crippen molar-refractivity contribution in [3.05, 3.63) is 10.7 Å². The SMILES string of the molecule is CNc1ncc(Br)c(NC23CC4CC(CC(C4)C2)C3)n1. The van der Waals surface area contributed by atoms with Crippen LogP contribution in [-0.2, 0) is 0 Å². The van der Waals surface area contributed by atoms with Gasteiger partial charge in [0, 0.05) is 18.8 Å². The Labute approximate surface area is 128 Å². The summed E-state index contributed by atoms with van der Waals surface area (Å²) in [5.41, 5.74) is 0.288. The summed E-state index contributed by atoms with van der Waals surface area (Å²) < 4.78 is 0.965. The Morgan fingerprint density at radius 1 is 1.15 bits per heavy atom. The van der Waals surface area contributed by atoms with Crippen LogP contribution in [0.5, 0.6) is 0 Å². The summed E-state index contributed by atoms with van der Waals surface area (Å²) in [6.45, 7) is 0. The number of nitrogens with zero attached hydrogens (tertiary/aromatic N) is 2. The molecule has 0 radical (unpaired) electrons. The van der Waals surface area contributed by atoms with Crippen molar-refractivity contribution in [1.29, 1.82) is 0 Å². The maximum Gasteiger partial charge on any atom is 0.224 e. The normalized spacial score (nSPS) is 38.0. The van der Waals surface area contributed by atoms with Crippen LogP contribution >= 0.6 is 15.9 Å². The Bertz CT molecular complexity index is 495. The van der Waals surface area contributed by atoms with Crippen molar-refractivity contribution in [2.24, 2.45) is 17.8 Å². The predicted molar refractivity (Wildman–Crippen MR) is 83.8 cm³/mol. The largest absolute Gasteiger partial charge is 0.364 e. The van der Waals surface area contributed by atoms with Crippen LogP contribution in [0.1, 0.15) is 38.5 Å². The van der Waals surface area contributed by atoms with Gasteiger partial charge in [0.15, 0.2) is 0 Å². The summed E-state index contributed by atoms with van der Waals surface area (Å²) in [6, 6.07) is 0. The van der Waals surface area contributed by atoms with Gasteiger partial charge in [-0.25, -0.2) is 4.98 Å². The van der Waals surface area contributed by atoms with Crippen LogP contribution in [0.15, 0.2) is 10.7 Å². The molecule has 0 aliphatic heterocycles. The van der Waals surface area contributed by atoms with E-state index in [2.05, 4.69) is 36.5 Å². The molecule has 0 spiro atoms. The van der Waals surface area contributed by atoms with Crippen LogP contribution in [0.3, 0.4) is 0 Å². The topological polar surface area (TPSA) is 49.8 Å². The first kappa shape index (κ1) is 12.9. The molecule has 0 unspecified atom stereocenters. The summed E-state index contributed by atoms with van der Waals surface area (Å²) in [7, 11) is 1.86. The average molecular weight is 337 g/mol. The molecule has 4 nitrogen and oxygen atoms in total. The van der Waals surface area contributed by atoms with Gasteiger partial charge in [-0.1, -0.05) is 0 Å². The van der Waals surface area contributed by atoms with E-state index in [0.29, 0.717) is 5.95 Å². The lowest BCUT2D eigenvalue weighted by atomic mass is 9.53. The lowest BCUT2D eigenvalue weighted by molar-refractivity contribution is 0.0105. The molecule has 4 aliphatic carbocycles. The van der Waals surface area contributed by atoms with Gasteiger partial charge in [-0.2, -0.15) is 4.98 Å². The van der Waals surface area contributed by atoms with Gasteiger partial charge in [-0.15, -0.1) is 0 Å². The third kappa shape index (κ3) is 2.10. The second kappa shape index (κ2) is 4.58. The van der Waals surface area contributed by atoms with E-state index in [4.69, 9.17) is 0 Å². The highest BCUT2D eigenvalue weighted by Crippen LogP contribution is 2.56. The number of hydrogen-bond donors (Lipinski definition) is 2. The molecular weight excluding hydrogens is 316 g/mol. The molecule has 2 N–H and O–H groups in total. The molecule has 5 heteroatoms. The minimum atomic E-state index is 0.288. The average Bonchev–Trinajstić information content (AvgIpc) is 2.39. The van der Waals surface area contributed by atoms with E-state index >= 15 is 0 Å². The number of hydrogen-bond acceptors (Lipinski definition) is 4. The molecule has 4 bridgehead atoms. The zero-order chi connectivity index (χ0) is 13.7. The van der Waals surface area contributed by atoms with Gasteiger partial charge < -0.3 is 10.6 Å². The van der Waals surface area contributed by atoms with Crippen molar-refractivity contribution in [3.63, 3.8) is 0 Å². The molecule has 1 aromatic heterocycles. The first-order valence-corrected chi connectivity index (χ1v) is 8.43. The maximum atomic E-state index is 4.59. The van der Waals surface area contributed by atoms with Gasteiger partial charge in [0.05, 0.1) is 4.47 Å². The number of aromatic nitrogens is 2. The third-order valence-corrected chi connectivity index (χ3v) is 5.97. The fourth-order valence-corrected chi connectivity index (χ4v) is 5.38. The molecule has 20 heavy (non-hydrogen) atoms. The molecule has 108 valence electrons. The van der Waals surface area contributed by atoms with E-state index in [0.717, 1.165) is 28.0 Å². The number of nitrogens with one attached hydrogen (secondary N) is 2. The summed E-state index contributed by atoms with van der Waals surface area (Å²) in [5.74, 6) is 4.46. The Morgan fingerprint density at radius 2 is 1.75 bits per heavy atom. The maximum absolute atomic E-state index is 4.59. The van der Waals surface area contributed by atoms with Crippen LogP contribution in [-0.4, -0.2) is 22.6 Å². The summed E-state index contributed by atoms with van der Waals surface area (Å²) in [4.78, 5) is 8.83. The molecule has 1 heterocycles. The highest BCUT2D eigenvalue weighted by atomic mass is 79.9. The lowest BCUT2D eigenvalue weighted by Crippen LogP contribution is -2.55. The summed E-state index contributed by atoms with van der Waals surface area (Å²) in [6.07, 6.45) is 10.2. The van der Waals surface area contributed by atoms with Crippen LogP contribution in [0.4, 0.5) is 11.8 Å². The van der Waals surface area contributed by atoms with Crippen molar-refractivity contribution in [3.8, 4) is 0 Å². The molecule has 1 aromatic rings. The highest BCUT2D eigenvalue weighted by molar-refractivity contribution is 9.10. The molecule has 0 amide bonds. The fraction of sp³-hybridized carbons (Fsp3) is 0.733. The van der Waals surface area contributed by atoms with E-state index in [1.165, 1.54) is 38.5 Å². The van der Waals surface area contributed by atoms with Gasteiger partial charge in [0.25, 0.3) is 0 Å². The van der Waals surface area contributed by atoms with E-state index < -0.39 is 0 Å². The molecule has 0 aromatic carbocycles. The zero-order valence-corrected chi connectivity index (χ0v) is 13.4. The Hall–Kier alpha value is -0.840. The second-order valence-corrected chi connectivity index (χ2v) is 7.82. The van der Waals surface area contributed by atoms with Crippen LogP contribution in [0, 0.1) is 17.8 Å². The van der Waals surface area contributed by atoms with Crippen molar-refractivity contribution in [2.45, 2.75) is 44.1 Å². The van der Waals surface area contributed by atoms with Crippen molar-refractivity contribution < 1.29 is 0 Å². The highest BCUT2D eigenvalue weighted by Gasteiger charge is 2.51. The molecule has 5 rings (SSSR count). The monoisotopic (exact) mass is 336 g/mol. The van der Waals surface area contributed by atoms with Gasteiger partial charge in [-0.3, -0.25) is 0 Å². The minimum absolute atomic E-state index is 0.288. The van der Waals surface area contributed by atoms with Crippen molar-refractivity contribution >= 4 is 27.7 Å². The first-order valence-electron chi connectivity index (χ1n) is 7.64. The Balaban J connectivity index is 1.62. The van der Waals surface area contributed by atoms with Gasteiger partial charge >= 0.3 is 0 Å². The fourth-order valence-electron chi connectivity index (χ4n) is 5.09. The number of rotatable bonds is 3. The van der Waals surface area contributed by atoms with E-state index in [9.17, 15) is 0 Å². The molecule has 4 saturated carbocycles. The van der Waals surface area contributed by atoms with Gasteiger partial charge in [-0.05, 0) is 72.2 Å². The number of halogens is 1. The van der Waals surface area contributed by atoms with E-state index in [1.54, 1.807) is 0 Å². The Morgan fingerprint density at radius 3 is 2.30 bits per heavy atom. The van der Waals surface area contributed by atoms with Gasteiger partial charge in [0.2, 0.25) is 5.95 Å². The smallest absolute Gasteiger partial charge is 0.224 e. The van der Waals surface area contributed by atoms with E-state index in [1.807, 2.05) is 13.2 Å². The van der Waals surface area contributed by atoms with Crippen molar-refractivity contribution in [2.75, 3.05) is 17.7 Å². The molecule has 0 saturated heterocycles. The standard InChI is InChI=1S/C15H21BrN4/c1-17-14-18-8-12(16)13(19-14)20-15-5-9-2-10(6-15)4-11(3-9)7-15/h8-11H,2-7H2,1H3,(H2,17,18,19,20). The Kier molecular flexibility index (Phi) is 2.95. The molecular formula is C15H21BrN4. The van der Waals surface area contributed by atoms with Crippen LogP contribution in [0.25, 0.3) is 0 Å². The third-order valence-electron chi connectivity index (χ3n) is 5.39. The van der Waals surface area contributed by atoms with E-state index in [-0.39, 0.29) is 5.54 Å². The van der Waals surface area contributed by atoms with Crippen LogP contribution < -0.4 is 10.6 Å². The van der Waals surface area contributed by atoms with Crippen molar-refractivity contribution in [1.82, 2.24) is 9.97 Å². The number of anilines is 2. The molecule has 4 aliphatic rings. The zero-order valence-electron chi connectivity index (χ0n) is 11.8. The lowest BCUT2D eigenvalue weighted by Gasteiger charge is -2.57.